The zero-order valence-corrected chi connectivity index (χ0v) is 12.4. The van der Waals surface area contributed by atoms with E-state index in [-0.39, 0.29) is 30.1 Å². The molecule has 2 aromatic heterocycles. The second kappa shape index (κ2) is 6.02. The third-order valence-electron chi connectivity index (χ3n) is 2.79. The minimum atomic E-state index is -0.343. The van der Waals surface area contributed by atoms with Gasteiger partial charge in [0.2, 0.25) is 5.91 Å². The number of aryl methyl sites for hydroxylation is 1. The Hall–Kier alpha value is -2.61. The molecule has 2 heterocycles. The molecule has 0 radical (unpaired) electrons. The number of aromatic nitrogens is 3. The van der Waals surface area contributed by atoms with Gasteiger partial charge in [0.1, 0.15) is 11.5 Å². The predicted molar refractivity (Wildman–Crippen MR) is 78.9 cm³/mol. The van der Waals surface area contributed by atoms with Crippen LogP contribution in [0.25, 0.3) is 11.6 Å². The lowest BCUT2D eigenvalue weighted by Gasteiger charge is -2.00. The average molecular weight is 318 g/mol. The molecule has 0 atom stereocenters. The van der Waals surface area contributed by atoms with Crippen molar-refractivity contribution in [3.8, 4) is 11.6 Å². The number of carbonyl (C=O) groups excluding carboxylic acids is 1. The molecule has 3 aromatic rings. The van der Waals surface area contributed by atoms with Crippen molar-refractivity contribution in [2.75, 3.05) is 5.32 Å². The predicted octanol–water partition coefficient (Wildman–Crippen LogP) is 2.82. The van der Waals surface area contributed by atoms with Crippen molar-refractivity contribution in [2.45, 2.75) is 13.3 Å². The summed E-state index contributed by atoms with van der Waals surface area (Å²) in [6.07, 6.45) is 0.0911. The van der Waals surface area contributed by atoms with E-state index in [1.54, 1.807) is 17.5 Å². The first-order valence-electron chi connectivity index (χ1n) is 6.40. The van der Waals surface area contributed by atoms with Crippen LogP contribution in [-0.2, 0) is 11.2 Å². The molecular weight excluding hydrogens is 307 g/mol. The van der Waals surface area contributed by atoms with Crippen LogP contribution >= 0.6 is 11.3 Å². The van der Waals surface area contributed by atoms with Crippen LogP contribution in [0, 0.1) is 12.7 Å². The summed E-state index contributed by atoms with van der Waals surface area (Å²) in [5.41, 5.74) is 1.27. The summed E-state index contributed by atoms with van der Waals surface area (Å²) in [4.78, 5) is 16.1. The normalized spacial score (nSPS) is 10.6. The summed E-state index contributed by atoms with van der Waals surface area (Å²) in [5, 5.41) is 12.8. The van der Waals surface area contributed by atoms with E-state index in [0.717, 1.165) is 5.01 Å². The second-order valence-electron chi connectivity index (χ2n) is 4.52. The summed E-state index contributed by atoms with van der Waals surface area (Å²) in [7, 11) is 0. The number of nitrogens with zero attached hydrogens (tertiary/aromatic N) is 3. The van der Waals surface area contributed by atoms with Crippen LogP contribution in [0.4, 0.5) is 10.4 Å². The Morgan fingerprint density at radius 3 is 2.77 bits per heavy atom. The number of anilines is 1. The Morgan fingerprint density at radius 2 is 2.09 bits per heavy atom. The zero-order chi connectivity index (χ0) is 15.5. The minimum Gasteiger partial charge on any atom is -0.401 e. The third kappa shape index (κ3) is 3.34. The summed E-state index contributed by atoms with van der Waals surface area (Å²) in [6, 6.07) is 5.71. The molecule has 0 aliphatic carbocycles. The van der Waals surface area contributed by atoms with E-state index < -0.39 is 0 Å². The Labute approximate surface area is 129 Å². The molecular formula is C14H11FN4O2S. The first-order chi connectivity index (χ1) is 10.6. The largest absolute Gasteiger partial charge is 0.401 e. The van der Waals surface area contributed by atoms with Crippen molar-refractivity contribution in [3.05, 3.63) is 46.0 Å². The molecule has 22 heavy (non-hydrogen) atoms. The minimum absolute atomic E-state index is 0.00719. The van der Waals surface area contributed by atoms with E-state index in [1.165, 1.54) is 23.5 Å². The van der Waals surface area contributed by atoms with Gasteiger partial charge in [-0.3, -0.25) is 10.1 Å². The summed E-state index contributed by atoms with van der Waals surface area (Å²) in [5.74, 6) is -0.415. The lowest BCUT2D eigenvalue weighted by Crippen LogP contribution is -2.14. The molecule has 112 valence electrons. The van der Waals surface area contributed by atoms with Crippen molar-refractivity contribution in [3.63, 3.8) is 0 Å². The number of halogens is 1. The maximum Gasteiger partial charge on any atom is 0.322 e. The van der Waals surface area contributed by atoms with E-state index in [9.17, 15) is 9.18 Å². The molecule has 0 saturated heterocycles. The van der Waals surface area contributed by atoms with Gasteiger partial charge in [-0.15, -0.1) is 16.4 Å². The van der Waals surface area contributed by atoms with E-state index in [0.29, 0.717) is 11.3 Å². The van der Waals surface area contributed by atoms with Crippen LogP contribution in [0.5, 0.6) is 0 Å². The van der Waals surface area contributed by atoms with Gasteiger partial charge in [-0.25, -0.2) is 9.37 Å². The molecule has 0 aliphatic rings. The van der Waals surface area contributed by atoms with Gasteiger partial charge >= 0.3 is 6.01 Å². The molecule has 6 nitrogen and oxygen atoms in total. The monoisotopic (exact) mass is 318 g/mol. The average Bonchev–Trinajstić information content (AvgIpc) is 3.10. The maximum atomic E-state index is 12.8. The number of hydrogen-bond acceptors (Lipinski definition) is 6. The number of amides is 1. The number of thiazole rings is 1. The summed E-state index contributed by atoms with van der Waals surface area (Å²) in [6.45, 7) is 1.87. The molecule has 0 unspecified atom stereocenters. The van der Waals surface area contributed by atoms with Gasteiger partial charge in [0.15, 0.2) is 0 Å². The van der Waals surface area contributed by atoms with Crippen LogP contribution in [0.1, 0.15) is 10.6 Å². The van der Waals surface area contributed by atoms with Gasteiger partial charge in [-0.1, -0.05) is 17.2 Å². The van der Waals surface area contributed by atoms with Crippen LogP contribution in [0.2, 0.25) is 0 Å². The zero-order valence-electron chi connectivity index (χ0n) is 11.5. The van der Waals surface area contributed by atoms with Gasteiger partial charge in [0, 0.05) is 5.38 Å². The Morgan fingerprint density at radius 1 is 1.32 bits per heavy atom. The van der Waals surface area contributed by atoms with Gasteiger partial charge in [0.05, 0.1) is 11.4 Å². The van der Waals surface area contributed by atoms with Crippen molar-refractivity contribution in [1.82, 2.24) is 15.2 Å². The van der Waals surface area contributed by atoms with Gasteiger partial charge in [0.25, 0.3) is 5.89 Å². The number of rotatable bonds is 4. The van der Waals surface area contributed by atoms with E-state index in [1.807, 2.05) is 6.92 Å². The topological polar surface area (TPSA) is 80.9 Å². The number of hydrogen-bond donors (Lipinski definition) is 1. The molecule has 0 saturated carbocycles. The first-order valence-corrected chi connectivity index (χ1v) is 7.28. The highest BCUT2D eigenvalue weighted by Crippen LogP contribution is 2.21. The lowest BCUT2D eigenvalue weighted by atomic mass is 10.1. The highest BCUT2D eigenvalue weighted by atomic mass is 32.1. The van der Waals surface area contributed by atoms with Crippen LogP contribution in [-0.4, -0.2) is 21.1 Å². The smallest absolute Gasteiger partial charge is 0.322 e. The van der Waals surface area contributed by atoms with Crippen molar-refractivity contribution >= 4 is 23.3 Å². The summed E-state index contributed by atoms with van der Waals surface area (Å²) >= 11 is 1.47. The highest BCUT2D eigenvalue weighted by molar-refractivity contribution is 7.09. The molecule has 1 amide bonds. The first kappa shape index (κ1) is 14.3. The fourth-order valence-electron chi connectivity index (χ4n) is 1.79. The van der Waals surface area contributed by atoms with Gasteiger partial charge < -0.3 is 4.42 Å². The van der Waals surface area contributed by atoms with Crippen LogP contribution < -0.4 is 5.32 Å². The van der Waals surface area contributed by atoms with Crippen LogP contribution in [0.3, 0.4) is 0 Å². The molecule has 8 heteroatoms. The standard InChI is InChI=1S/C14H11FN4O2S/c1-8-16-11(7-22-8)13-18-19-14(21-13)17-12(20)6-9-2-4-10(15)5-3-9/h2-5,7H,6H2,1H3,(H,17,19,20). The Kier molecular flexibility index (Phi) is 3.92. The number of nitrogens with one attached hydrogen (secondary N) is 1. The second-order valence-corrected chi connectivity index (χ2v) is 5.58. The molecule has 0 bridgehead atoms. The van der Waals surface area contributed by atoms with Gasteiger partial charge in [-0.05, 0) is 24.6 Å². The fraction of sp³-hybridized carbons (Fsp3) is 0.143. The molecule has 1 N–H and O–H groups in total. The molecule has 0 aliphatic heterocycles. The third-order valence-corrected chi connectivity index (χ3v) is 3.56. The van der Waals surface area contributed by atoms with Gasteiger partial charge in [-0.2, -0.15) is 0 Å². The SMILES string of the molecule is Cc1nc(-c2nnc(NC(=O)Cc3ccc(F)cc3)o2)cs1. The van der Waals surface area contributed by atoms with Crippen molar-refractivity contribution in [1.29, 1.82) is 0 Å². The Balaban J connectivity index is 1.64. The van der Waals surface area contributed by atoms with Crippen LogP contribution in [0.15, 0.2) is 34.1 Å². The molecule has 1 aromatic carbocycles. The number of carbonyl (C=O) groups is 1. The van der Waals surface area contributed by atoms with E-state index in [4.69, 9.17) is 4.42 Å². The molecule has 0 fully saturated rings. The Bertz CT molecular complexity index is 797. The lowest BCUT2D eigenvalue weighted by molar-refractivity contribution is -0.115. The quantitative estimate of drug-likeness (QED) is 0.800. The number of benzene rings is 1. The summed E-state index contributed by atoms with van der Waals surface area (Å²) < 4.78 is 18.1. The molecule has 3 rings (SSSR count). The maximum absolute atomic E-state index is 12.8. The van der Waals surface area contributed by atoms with E-state index in [2.05, 4.69) is 20.5 Å². The van der Waals surface area contributed by atoms with E-state index >= 15 is 0 Å². The highest BCUT2D eigenvalue weighted by Gasteiger charge is 2.13. The van der Waals surface area contributed by atoms with Crippen molar-refractivity contribution in [2.24, 2.45) is 0 Å². The molecule has 0 spiro atoms. The van der Waals surface area contributed by atoms with Crippen molar-refractivity contribution < 1.29 is 13.6 Å². The fourth-order valence-corrected chi connectivity index (χ4v) is 2.38.